The summed E-state index contributed by atoms with van der Waals surface area (Å²) in [6.07, 6.45) is 7.02. The van der Waals surface area contributed by atoms with Crippen molar-refractivity contribution >= 4 is 29.0 Å². The molecule has 2 fully saturated rings. The third-order valence-corrected chi connectivity index (χ3v) is 5.35. The molecule has 1 aromatic rings. The zero-order chi connectivity index (χ0) is 14.7. The molecule has 116 valence electrons. The van der Waals surface area contributed by atoms with Crippen LogP contribution in [0.2, 0.25) is 5.02 Å². The minimum absolute atomic E-state index is 0.444. The van der Waals surface area contributed by atoms with Crippen molar-refractivity contribution in [2.75, 3.05) is 37.6 Å². The van der Waals surface area contributed by atoms with E-state index in [9.17, 15) is 0 Å². The van der Waals surface area contributed by atoms with Crippen LogP contribution < -0.4 is 4.90 Å². The summed E-state index contributed by atoms with van der Waals surface area (Å²) in [7, 11) is 0. The molecule has 0 saturated carbocycles. The minimum Gasteiger partial charge on any atom is -0.357 e. The van der Waals surface area contributed by atoms with Crippen molar-refractivity contribution in [3.05, 3.63) is 22.8 Å². The standard InChI is InChI=1S/C16H23Cl2N3/c17-10-14-9-16(19-11-15(14)18)21-7-3-13(4-8-21)12-20-5-1-2-6-20/h9,11,13H,1-8,10,12H2. The van der Waals surface area contributed by atoms with E-state index in [2.05, 4.69) is 14.8 Å². The Balaban J connectivity index is 1.55. The van der Waals surface area contributed by atoms with E-state index in [1.165, 1.54) is 45.3 Å². The second-order valence-corrected chi connectivity index (χ2v) is 6.88. The first-order chi connectivity index (χ1) is 10.3. The lowest BCUT2D eigenvalue weighted by atomic mass is 9.96. The van der Waals surface area contributed by atoms with Gasteiger partial charge in [0.15, 0.2) is 0 Å². The smallest absolute Gasteiger partial charge is 0.128 e. The number of hydrogen-bond donors (Lipinski definition) is 0. The Bertz CT molecular complexity index is 467. The van der Waals surface area contributed by atoms with Crippen molar-refractivity contribution in [1.82, 2.24) is 9.88 Å². The fourth-order valence-electron chi connectivity index (χ4n) is 3.42. The van der Waals surface area contributed by atoms with Gasteiger partial charge < -0.3 is 9.80 Å². The van der Waals surface area contributed by atoms with E-state index in [1.54, 1.807) is 6.20 Å². The number of rotatable bonds is 4. The summed E-state index contributed by atoms with van der Waals surface area (Å²) in [5.74, 6) is 2.31. The molecule has 2 saturated heterocycles. The predicted molar refractivity (Wildman–Crippen MR) is 89.4 cm³/mol. The van der Waals surface area contributed by atoms with Gasteiger partial charge in [-0.3, -0.25) is 0 Å². The van der Waals surface area contributed by atoms with Gasteiger partial charge >= 0.3 is 0 Å². The van der Waals surface area contributed by atoms with Crippen LogP contribution in [0.15, 0.2) is 12.3 Å². The van der Waals surface area contributed by atoms with Crippen LogP contribution in [0.4, 0.5) is 5.82 Å². The van der Waals surface area contributed by atoms with Gasteiger partial charge in [-0.15, -0.1) is 11.6 Å². The highest BCUT2D eigenvalue weighted by atomic mass is 35.5. The van der Waals surface area contributed by atoms with E-state index in [0.29, 0.717) is 10.9 Å². The van der Waals surface area contributed by atoms with Gasteiger partial charge in [0.2, 0.25) is 0 Å². The summed E-state index contributed by atoms with van der Waals surface area (Å²) in [6, 6.07) is 2.04. The molecule has 0 aliphatic carbocycles. The summed E-state index contributed by atoms with van der Waals surface area (Å²) in [5.41, 5.74) is 0.975. The molecule has 1 aromatic heterocycles. The topological polar surface area (TPSA) is 19.4 Å². The lowest BCUT2D eigenvalue weighted by Gasteiger charge is -2.34. The van der Waals surface area contributed by atoms with E-state index >= 15 is 0 Å². The molecule has 0 N–H and O–H groups in total. The highest BCUT2D eigenvalue weighted by molar-refractivity contribution is 6.32. The van der Waals surface area contributed by atoms with E-state index in [4.69, 9.17) is 23.2 Å². The van der Waals surface area contributed by atoms with Gasteiger partial charge in [-0.2, -0.15) is 0 Å². The van der Waals surface area contributed by atoms with Crippen molar-refractivity contribution in [3.8, 4) is 0 Å². The Morgan fingerprint density at radius 2 is 1.86 bits per heavy atom. The number of likely N-dealkylation sites (tertiary alicyclic amines) is 1. The molecule has 0 bridgehead atoms. The van der Waals surface area contributed by atoms with Crippen LogP contribution in [0.5, 0.6) is 0 Å². The van der Waals surface area contributed by atoms with E-state index in [-0.39, 0.29) is 0 Å². The molecule has 2 aliphatic rings. The summed E-state index contributed by atoms with van der Waals surface area (Å²) in [4.78, 5) is 9.46. The number of nitrogens with zero attached hydrogens (tertiary/aromatic N) is 3. The van der Waals surface area contributed by atoms with Crippen LogP contribution in [0, 0.1) is 5.92 Å². The Labute approximate surface area is 137 Å². The lowest BCUT2D eigenvalue weighted by molar-refractivity contribution is 0.249. The molecular weight excluding hydrogens is 305 g/mol. The second kappa shape index (κ2) is 7.17. The van der Waals surface area contributed by atoms with Crippen LogP contribution in [0.25, 0.3) is 0 Å². The van der Waals surface area contributed by atoms with E-state index < -0.39 is 0 Å². The Kier molecular flexibility index (Phi) is 5.25. The second-order valence-electron chi connectivity index (χ2n) is 6.21. The fourth-order valence-corrected chi connectivity index (χ4v) is 3.88. The molecule has 3 rings (SSSR count). The molecule has 0 amide bonds. The first-order valence-corrected chi connectivity index (χ1v) is 8.85. The SMILES string of the molecule is ClCc1cc(N2CCC(CN3CCCC3)CC2)ncc1Cl. The summed E-state index contributed by atoms with van der Waals surface area (Å²) < 4.78 is 0. The quantitative estimate of drug-likeness (QED) is 0.784. The molecule has 0 unspecified atom stereocenters. The molecular formula is C16H23Cl2N3. The van der Waals surface area contributed by atoms with Gasteiger partial charge in [0, 0.05) is 31.7 Å². The Morgan fingerprint density at radius 1 is 1.14 bits per heavy atom. The van der Waals surface area contributed by atoms with Crippen molar-refractivity contribution in [3.63, 3.8) is 0 Å². The predicted octanol–water partition coefficient (Wildman–Crippen LogP) is 3.79. The fraction of sp³-hybridized carbons (Fsp3) is 0.688. The number of aromatic nitrogens is 1. The maximum absolute atomic E-state index is 6.08. The zero-order valence-corrected chi connectivity index (χ0v) is 13.9. The molecule has 3 heterocycles. The zero-order valence-electron chi connectivity index (χ0n) is 12.4. The molecule has 21 heavy (non-hydrogen) atoms. The van der Waals surface area contributed by atoms with Crippen molar-refractivity contribution in [2.45, 2.75) is 31.6 Å². The van der Waals surface area contributed by atoms with Crippen LogP contribution in [0.3, 0.4) is 0 Å². The van der Waals surface area contributed by atoms with Gasteiger partial charge in [-0.25, -0.2) is 4.98 Å². The minimum atomic E-state index is 0.444. The normalized spacial score (nSPS) is 21.1. The molecule has 5 heteroatoms. The number of halogens is 2. The number of anilines is 1. The van der Waals surface area contributed by atoms with Crippen LogP contribution >= 0.6 is 23.2 Å². The largest absolute Gasteiger partial charge is 0.357 e. The highest BCUT2D eigenvalue weighted by Crippen LogP contribution is 2.26. The summed E-state index contributed by atoms with van der Waals surface area (Å²) in [5, 5.41) is 0.665. The van der Waals surface area contributed by atoms with Gasteiger partial charge in [-0.1, -0.05) is 11.6 Å². The van der Waals surface area contributed by atoms with Crippen molar-refractivity contribution in [2.24, 2.45) is 5.92 Å². The molecule has 0 aromatic carbocycles. The number of alkyl halides is 1. The molecule has 0 radical (unpaired) electrons. The monoisotopic (exact) mass is 327 g/mol. The van der Waals surface area contributed by atoms with E-state index in [1.807, 2.05) is 6.07 Å². The maximum Gasteiger partial charge on any atom is 0.128 e. The highest BCUT2D eigenvalue weighted by Gasteiger charge is 2.23. The Morgan fingerprint density at radius 3 is 2.52 bits per heavy atom. The molecule has 2 aliphatic heterocycles. The molecule has 3 nitrogen and oxygen atoms in total. The molecule has 0 atom stereocenters. The third kappa shape index (κ3) is 3.82. The maximum atomic E-state index is 6.08. The Hall–Kier alpha value is -0.510. The lowest BCUT2D eigenvalue weighted by Crippen LogP contribution is -2.38. The first kappa shape index (κ1) is 15.4. The van der Waals surface area contributed by atoms with E-state index in [0.717, 1.165) is 30.4 Å². The number of pyridine rings is 1. The molecule has 0 spiro atoms. The van der Waals surface area contributed by atoms with Crippen LogP contribution in [-0.2, 0) is 5.88 Å². The van der Waals surface area contributed by atoms with Gasteiger partial charge in [0.05, 0.1) is 5.02 Å². The van der Waals surface area contributed by atoms with Crippen molar-refractivity contribution < 1.29 is 0 Å². The average Bonchev–Trinajstić information content (AvgIpc) is 3.02. The first-order valence-electron chi connectivity index (χ1n) is 7.94. The summed E-state index contributed by atoms with van der Waals surface area (Å²) in [6.45, 7) is 6.08. The summed E-state index contributed by atoms with van der Waals surface area (Å²) >= 11 is 12.0. The average molecular weight is 328 g/mol. The number of hydrogen-bond acceptors (Lipinski definition) is 3. The number of piperidine rings is 1. The third-order valence-electron chi connectivity index (χ3n) is 4.72. The van der Waals surface area contributed by atoms with Gasteiger partial charge in [0.1, 0.15) is 5.82 Å². The van der Waals surface area contributed by atoms with Crippen molar-refractivity contribution in [1.29, 1.82) is 0 Å². The van der Waals surface area contributed by atoms with Crippen LogP contribution in [0.1, 0.15) is 31.2 Å². The van der Waals surface area contributed by atoms with Crippen LogP contribution in [-0.4, -0.2) is 42.6 Å². The van der Waals surface area contributed by atoms with Gasteiger partial charge in [0.25, 0.3) is 0 Å². The van der Waals surface area contributed by atoms with Gasteiger partial charge in [-0.05, 0) is 56.3 Å².